The molecule has 0 aliphatic carbocycles. The molecule has 1 aromatic heterocycles. The number of hydrogen-bond donors (Lipinski definition) is 0. The van der Waals surface area contributed by atoms with E-state index in [0.29, 0.717) is 5.69 Å². The van der Waals surface area contributed by atoms with Crippen LogP contribution in [-0.4, -0.2) is 42.0 Å². The number of nitrogens with zero attached hydrogens (tertiary/aromatic N) is 3. The van der Waals surface area contributed by atoms with E-state index in [1.165, 1.54) is 32.1 Å². The SMILES string of the molecule is O=C(c1cccc(N2CCCCCC2)n1)N1CCCCC1. The zero-order valence-electron chi connectivity index (χ0n) is 12.8. The van der Waals surface area contributed by atoms with Crippen molar-refractivity contribution in [1.29, 1.82) is 0 Å². The Kier molecular flexibility index (Phi) is 4.73. The van der Waals surface area contributed by atoms with Gasteiger partial charge in [0.2, 0.25) is 0 Å². The number of aromatic nitrogens is 1. The second-order valence-corrected chi connectivity index (χ2v) is 6.14. The molecule has 114 valence electrons. The van der Waals surface area contributed by atoms with Crippen LogP contribution in [0.1, 0.15) is 55.4 Å². The Morgan fingerprint density at radius 3 is 2.19 bits per heavy atom. The topological polar surface area (TPSA) is 36.4 Å². The van der Waals surface area contributed by atoms with Crippen LogP contribution in [0.2, 0.25) is 0 Å². The van der Waals surface area contributed by atoms with E-state index in [2.05, 4.69) is 9.88 Å². The van der Waals surface area contributed by atoms with E-state index < -0.39 is 0 Å². The lowest BCUT2D eigenvalue weighted by molar-refractivity contribution is 0.0718. The lowest BCUT2D eigenvalue weighted by atomic mass is 10.1. The van der Waals surface area contributed by atoms with Crippen molar-refractivity contribution < 1.29 is 4.79 Å². The largest absolute Gasteiger partial charge is 0.357 e. The average Bonchev–Trinajstić information content (AvgIpc) is 2.84. The van der Waals surface area contributed by atoms with Crippen molar-refractivity contribution >= 4 is 11.7 Å². The van der Waals surface area contributed by atoms with Gasteiger partial charge in [-0.15, -0.1) is 0 Å². The Morgan fingerprint density at radius 2 is 1.48 bits per heavy atom. The Balaban J connectivity index is 1.74. The molecule has 0 radical (unpaired) electrons. The third kappa shape index (κ3) is 3.55. The van der Waals surface area contributed by atoms with Gasteiger partial charge in [0.25, 0.3) is 5.91 Å². The highest BCUT2D eigenvalue weighted by Gasteiger charge is 2.20. The summed E-state index contributed by atoms with van der Waals surface area (Å²) in [6.45, 7) is 3.89. The van der Waals surface area contributed by atoms with Gasteiger partial charge in [0.05, 0.1) is 0 Å². The van der Waals surface area contributed by atoms with Crippen LogP contribution in [0.5, 0.6) is 0 Å². The zero-order valence-corrected chi connectivity index (χ0v) is 12.8. The van der Waals surface area contributed by atoms with Gasteiger partial charge in [-0.1, -0.05) is 18.9 Å². The molecule has 2 saturated heterocycles. The molecule has 4 nitrogen and oxygen atoms in total. The molecule has 21 heavy (non-hydrogen) atoms. The quantitative estimate of drug-likeness (QED) is 0.838. The summed E-state index contributed by atoms with van der Waals surface area (Å²) >= 11 is 0. The second kappa shape index (κ2) is 6.92. The normalized spacial score (nSPS) is 20.2. The van der Waals surface area contributed by atoms with Gasteiger partial charge in [0.15, 0.2) is 0 Å². The van der Waals surface area contributed by atoms with E-state index >= 15 is 0 Å². The molecular weight excluding hydrogens is 262 g/mol. The van der Waals surface area contributed by atoms with Crippen LogP contribution in [0.3, 0.4) is 0 Å². The fourth-order valence-corrected chi connectivity index (χ4v) is 3.28. The summed E-state index contributed by atoms with van der Waals surface area (Å²) in [4.78, 5) is 21.5. The van der Waals surface area contributed by atoms with Crippen molar-refractivity contribution in [2.24, 2.45) is 0 Å². The van der Waals surface area contributed by atoms with Gasteiger partial charge in [-0.3, -0.25) is 4.79 Å². The number of amides is 1. The van der Waals surface area contributed by atoms with E-state index in [-0.39, 0.29) is 5.91 Å². The monoisotopic (exact) mass is 287 g/mol. The molecule has 0 N–H and O–H groups in total. The van der Waals surface area contributed by atoms with Crippen LogP contribution >= 0.6 is 0 Å². The summed E-state index contributed by atoms with van der Waals surface area (Å²) in [5.41, 5.74) is 0.610. The molecule has 2 fully saturated rings. The summed E-state index contributed by atoms with van der Waals surface area (Å²) < 4.78 is 0. The fourth-order valence-electron chi connectivity index (χ4n) is 3.28. The van der Waals surface area contributed by atoms with Crippen LogP contribution in [0.4, 0.5) is 5.82 Å². The lowest BCUT2D eigenvalue weighted by Gasteiger charge is -2.27. The Morgan fingerprint density at radius 1 is 0.857 bits per heavy atom. The van der Waals surface area contributed by atoms with Crippen molar-refractivity contribution in [2.75, 3.05) is 31.1 Å². The summed E-state index contributed by atoms with van der Waals surface area (Å²) in [5, 5.41) is 0. The van der Waals surface area contributed by atoms with Crippen LogP contribution in [0.25, 0.3) is 0 Å². The predicted octanol–water partition coefficient (Wildman–Crippen LogP) is 3.09. The first kappa shape index (κ1) is 14.4. The van der Waals surface area contributed by atoms with Gasteiger partial charge in [-0.25, -0.2) is 4.98 Å². The first-order chi connectivity index (χ1) is 10.3. The standard InChI is InChI=1S/C17H25N3O/c21-17(20-13-6-3-7-14-20)15-9-8-10-16(18-15)19-11-4-1-2-5-12-19/h8-10H,1-7,11-14H2. The van der Waals surface area contributed by atoms with Crippen LogP contribution < -0.4 is 4.90 Å². The van der Waals surface area contributed by atoms with E-state index in [0.717, 1.165) is 44.8 Å². The number of carbonyl (C=O) groups excluding carboxylic acids is 1. The molecule has 0 saturated carbocycles. The van der Waals surface area contributed by atoms with Gasteiger partial charge >= 0.3 is 0 Å². The van der Waals surface area contributed by atoms with Gasteiger partial charge in [-0.05, 0) is 44.2 Å². The van der Waals surface area contributed by atoms with Crippen molar-refractivity contribution in [3.63, 3.8) is 0 Å². The molecule has 0 atom stereocenters. The van der Waals surface area contributed by atoms with Crippen LogP contribution in [0.15, 0.2) is 18.2 Å². The fraction of sp³-hybridized carbons (Fsp3) is 0.647. The Labute approximate surface area is 127 Å². The summed E-state index contributed by atoms with van der Waals surface area (Å²) in [6.07, 6.45) is 8.56. The summed E-state index contributed by atoms with van der Waals surface area (Å²) in [6, 6.07) is 5.88. The molecule has 0 bridgehead atoms. The van der Waals surface area contributed by atoms with Crippen molar-refractivity contribution in [1.82, 2.24) is 9.88 Å². The maximum atomic E-state index is 12.5. The highest BCUT2D eigenvalue weighted by Crippen LogP contribution is 2.19. The highest BCUT2D eigenvalue weighted by atomic mass is 16.2. The third-order valence-electron chi connectivity index (χ3n) is 4.53. The molecule has 1 amide bonds. The van der Waals surface area contributed by atoms with Gasteiger partial charge in [-0.2, -0.15) is 0 Å². The number of rotatable bonds is 2. The minimum absolute atomic E-state index is 0.103. The van der Waals surface area contributed by atoms with E-state index in [9.17, 15) is 4.79 Å². The minimum Gasteiger partial charge on any atom is -0.357 e. The average molecular weight is 287 g/mol. The first-order valence-electron chi connectivity index (χ1n) is 8.36. The first-order valence-corrected chi connectivity index (χ1v) is 8.36. The smallest absolute Gasteiger partial charge is 0.272 e. The maximum absolute atomic E-state index is 12.5. The van der Waals surface area contributed by atoms with E-state index in [1.807, 2.05) is 23.1 Å². The maximum Gasteiger partial charge on any atom is 0.272 e. The molecular formula is C17H25N3O. The van der Waals surface area contributed by atoms with E-state index in [1.54, 1.807) is 0 Å². The lowest BCUT2D eigenvalue weighted by Crippen LogP contribution is -2.36. The molecule has 3 heterocycles. The van der Waals surface area contributed by atoms with Gasteiger partial charge in [0.1, 0.15) is 11.5 Å². The number of hydrogen-bond acceptors (Lipinski definition) is 3. The number of likely N-dealkylation sites (tertiary alicyclic amines) is 1. The van der Waals surface area contributed by atoms with Crippen molar-refractivity contribution in [2.45, 2.75) is 44.9 Å². The van der Waals surface area contributed by atoms with Crippen LogP contribution in [0, 0.1) is 0 Å². The van der Waals surface area contributed by atoms with Crippen molar-refractivity contribution in [3.05, 3.63) is 23.9 Å². The third-order valence-corrected chi connectivity index (χ3v) is 4.53. The molecule has 1 aromatic rings. The second-order valence-electron chi connectivity index (χ2n) is 6.14. The van der Waals surface area contributed by atoms with Crippen LogP contribution in [-0.2, 0) is 0 Å². The predicted molar refractivity (Wildman–Crippen MR) is 84.7 cm³/mol. The number of piperidine rings is 1. The van der Waals surface area contributed by atoms with Gasteiger partial charge in [0, 0.05) is 26.2 Å². The zero-order chi connectivity index (χ0) is 14.5. The minimum atomic E-state index is 0.103. The summed E-state index contributed by atoms with van der Waals surface area (Å²) in [7, 11) is 0. The number of anilines is 1. The molecule has 0 spiro atoms. The molecule has 0 aromatic carbocycles. The van der Waals surface area contributed by atoms with Crippen molar-refractivity contribution in [3.8, 4) is 0 Å². The molecule has 0 unspecified atom stereocenters. The van der Waals surface area contributed by atoms with Gasteiger partial charge < -0.3 is 9.80 Å². The number of carbonyl (C=O) groups is 1. The molecule has 2 aliphatic heterocycles. The highest BCUT2D eigenvalue weighted by molar-refractivity contribution is 5.92. The molecule has 4 heteroatoms. The molecule has 3 rings (SSSR count). The molecule has 2 aliphatic rings. The Bertz CT molecular complexity index is 475. The number of pyridine rings is 1. The summed E-state index contributed by atoms with van der Waals surface area (Å²) in [5.74, 6) is 1.08. The van der Waals surface area contributed by atoms with E-state index in [4.69, 9.17) is 0 Å². The Hall–Kier alpha value is -1.58.